The van der Waals surface area contributed by atoms with E-state index in [2.05, 4.69) is 10.3 Å². The second-order valence-corrected chi connectivity index (χ2v) is 8.25. The molecule has 0 unspecified atom stereocenters. The molecule has 0 aromatic carbocycles. The van der Waals surface area contributed by atoms with E-state index in [1.807, 2.05) is 13.0 Å². The fraction of sp³-hybridized carbons (Fsp3) is 0.333. The normalized spacial score (nSPS) is 13.2. The molecule has 0 radical (unpaired) electrons. The fourth-order valence-electron chi connectivity index (χ4n) is 3.62. The first-order valence-corrected chi connectivity index (χ1v) is 10.3. The van der Waals surface area contributed by atoms with Gasteiger partial charge in [-0.15, -0.1) is 11.3 Å². The number of carbonyl (C=O) groups is 2. The number of nitrogens with one attached hydrogen (secondary N) is 1. The summed E-state index contributed by atoms with van der Waals surface area (Å²) in [5, 5.41) is 3.30. The highest BCUT2D eigenvalue weighted by atomic mass is 32.1. The van der Waals surface area contributed by atoms with Gasteiger partial charge in [-0.05, 0) is 49.8 Å². The molecule has 8 heteroatoms. The Kier molecular flexibility index (Phi) is 5.19. The zero-order valence-corrected chi connectivity index (χ0v) is 17.1. The molecule has 3 aromatic heterocycles. The molecule has 150 valence electrons. The molecule has 1 amide bonds. The van der Waals surface area contributed by atoms with Gasteiger partial charge in [0.15, 0.2) is 0 Å². The predicted molar refractivity (Wildman–Crippen MR) is 111 cm³/mol. The maximum Gasteiger partial charge on any atom is 0.341 e. The van der Waals surface area contributed by atoms with Crippen LogP contribution in [0.5, 0.6) is 0 Å². The highest BCUT2D eigenvalue weighted by Crippen LogP contribution is 2.38. The van der Waals surface area contributed by atoms with Crippen LogP contribution in [-0.2, 0) is 29.0 Å². The van der Waals surface area contributed by atoms with Gasteiger partial charge < -0.3 is 10.1 Å². The summed E-state index contributed by atoms with van der Waals surface area (Å²) >= 11 is 1.44. The third kappa shape index (κ3) is 3.80. The van der Waals surface area contributed by atoms with Crippen LogP contribution in [0, 0.1) is 6.92 Å². The molecule has 4 rings (SSSR count). The summed E-state index contributed by atoms with van der Waals surface area (Å²) in [7, 11) is 0. The molecule has 1 aliphatic rings. The number of pyridine rings is 1. The van der Waals surface area contributed by atoms with Crippen LogP contribution < -0.4 is 10.9 Å². The van der Waals surface area contributed by atoms with Crippen molar-refractivity contribution in [3.05, 3.63) is 62.0 Å². The predicted octanol–water partition coefficient (Wildman–Crippen LogP) is 3.26. The van der Waals surface area contributed by atoms with Crippen LogP contribution in [-0.4, -0.2) is 21.3 Å². The van der Waals surface area contributed by atoms with Gasteiger partial charge >= 0.3 is 5.97 Å². The van der Waals surface area contributed by atoms with Crippen LogP contribution in [0.4, 0.5) is 5.00 Å². The molecule has 0 fully saturated rings. The molecule has 1 N–H and O–H groups in total. The van der Waals surface area contributed by atoms with Crippen molar-refractivity contribution in [1.82, 2.24) is 9.38 Å². The number of hydrogen-bond donors (Lipinski definition) is 1. The highest BCUT2D eigenvalue weighted by Gasteiger charge is 2.27. The van der Waals surface area contributed by atoms with Gasteiger partial charge in [0.05, 0.1) is 11.3 Å². The molecule has 7 nitrogen and oxygen atoms in total. The number of aromatic nitrogens is 2. The topological polar surface area (TPSA) is 89.8 Å². The van der Waals surface area contributed by atoms with Crippen LogP contribution in [0.2, 0.25) is 0 Å². The van der Waals surface area contributed by atoms with Gasteiger partial charge in [-0.3, -0.25) is 14.0 Å². The van der Waals surface area contributed by atoms with E-state index in [-0.39, 0.29) is 18.1 Å². The molecule has 0 spiro atoms. The molecule has 29 heavy (non-hydrogen) atoms. The van der Waals surface area contributed by atoms with E-state index in [0.717, 1.165) is 41.7 Å². The zero-order chi connectivity index (χ0) is 20.5. The first-order chi connectivity index (χ1) is 13.9. The lowest BCUT2D eigenvalue weighted by Gasteiger charge is -2.13. The molecule has 0 atom stereocenters. The van der Waals surface area contributed by atoms with Crippen LogP contribution in [0.25, 0.3) is 5.65 Å². The molecule has 3 heterocycles. The number of ether oxygens (including phenoxy) is 1. The van der Waals surface area contributed by atoms with Crippen molar-refractivity contribution in [2.45, 2.75) is 46.1 Å². The monoisotopic (exact) mass is 411 g/mol. The van der Waals surface area contributed by atoms with Crippen LogP contribution in [0.1, 0.15) is 51.8 Å². The van der Waals surface area contributed by atoms with Crippen molar-refractivity contribution >= 4 is 33.9 Å². The summed E-state index contributed by atoms with van der Waals surface area (Å²) in [5.74, 6) is -0.725. The molecule has 0 aliphatic heterocycles. The molecule has 0 saturated heterocycles. The van der Waals surface area contributed by atoms with E-state index < -0.39 is 5.97 Å². The number of rotatable bonds is 4. The van der Waals surface area contributed by atoms with Crippen molar-refractivity contribution in [1.29, 1.82) is 0 Å². The Morgan fingerprint density at radius 3 is 2.90 bits per heavy atom. The smallest absolute Gasteiger partial charge is 0.341 e. The Morgan fingerprint density at radius 1 is 1.31 bits per heavy atom. The highest BCUT2D eigenvalue weighted by molar-refractivity contribution is 7.17. The van der Waals surface area contributed by atoms with Crippen LogP contribution in [0.15, 0.2) is 29.2 Å². The molecular formula is C21H21N3O4S. The second-order valence-electron chi connectivity index (χ2n) is 7.14. The number of carbonyl (C=O) groups excluding carboxylic acids is 2. The Labute approximate surface area is 171 Å². The van der Waals surface area contributed by atoms with E-state index in [4.69, 9.17) is 4.74 Å². The van der Waals surface area contributed by atoms with E-state index >= 15 is 0 Å². The van der Waals surface area contributed by atoms with E-state index in [0.29, 0.717) is 21.9 Å². The Morgan fingerprint density at radius 2 is 2.10 bits per heavy atom. The third-order valence-corrected chi connectivity index (χ3v) is 6.16. The number of aryl methyl sites for hydroxylation is 2. The fourth-order valence-corrected chi connectivity index (χ4v) is 4.95. The maximum absolute atomic E-state index is 12.9. The molecule has 0 bridgehead atoms. The summed E-state index contributed by atoms with van der Waals surface area (Å²) < 4.78 is 6.97. The van der Waals surface area contributed by atoms with Gasteiger partial charge in [-0.2, -0.15) is 0 Å². The zero-order valence-electron chi connectivity index (χ0n) is 16.3. The van der Waals surface area contributed by atoms with Gasteiger partial charge in [-0.25, -0.2) is 9.78 Å². The molecular weight excluding hydrogens is 390 g/mol. The minimum absolute atomic E-state index is 0.108. The standard InChI is InChI=1S/C21H21N3O4S/c1-12-6-5-9-24-17(26)10-14(23-19(12)24)11-28-21(27)18-15-7-3-4-8-16(15)29-20(18)22-13(2)25/h5-6,9-10H,3-4,7-8,11H2,1-2H3,(H,22,25). The molecule has 1 aliphatic carbocycles. The molecule has 3 aromatic rings. The summed E-state index contributed by atoms with van der Waals surface area (Å²) in [5.41, 5.74) is 2.97. The Bertz CT molecular complexity index is 1180. The van der Waals surface area contributed by atoms with Crippen molar-refractivity contribution in [3.8, 4) is 0 Å². The summed E-state index contributed by atoms with van der Waals surface area (Å²) in [4.78, 5) is 42.4. The van der Waals surface area contributed by atoms with Crippen LogP contribution >= 0.6 is 11.3 Å². The Balaban J connectivity index is 1.61. The number of thiophene rings is 1. The average molecular weight is 411 g/mol. The van der Waals surface area contributed by atoms with Gasteiger partial charge in [0.2, 0.25) is 5.91 Å². The Hall–Kier alpha value is -3.00. The quantitative estimate of drug-likeness (QED) is 0.666. The minimum Gasteiger partial charge on any atom is -0.455 e. The third-order valence-electron chi connectivity index (χ3n) is 4.96. The van der Waals surface area contributed by atoms with Gasteiger partial charge in [0, 0.05) is 24.1 Å². The number of hydrogen-bond acceptors (Lipinski definition) is 6. The van der Waals surface area contributed by atoms with E-state index in [1.165, 1.54) is 28.7 Å². The van der Waals surface area contributed by atoms with Gasteiger partial charge in [0.25, 0.3) is 5.56 Å². The summed E-state index contributed by atoms with van der Waals surface area (Å²) in [6.45, 7) is 3.18. The largest absolute Gasteiger partial charge is 0.455 e. The maximum atomic E-state index is 12.9. The van der Waals surface area contributed by atoms with Crippen molar-refractivity contribution in [2.75, 3.05) is 5.32 Å². The SMILES string of the molecule is CC(=O)Nc1sc2c(c1C(=O)OCc1cc(=O)n3cccc(C)c3n1)CCCC2. The summed E-state index contributed by atoms with van der Waals surface area (Å²) in [6.07, 6.45) is 5.44. The number of esters is 1. The number of amides is 1. The minimum atomic E-state index is -0.500. The lowest BCUT2D eigenvalue weighted by molar-refractivity contribution is -0.114. The first-order valence-electron chi connectivity index (χ1n) is 9.51. The molecule has 0 saturated carbocycles. The lowest BCUT2D eigenvalue weighted by Crippen LogP contribution is -2.18. The van der Waals surface area contributed by atoms with Gasteiger partial charge in [0.1, 0.15) is 17.3 Å². The number of nitrogens with zero attached hydrogens (tertiary/aromatic N) is 2. The van der Waals surface area contributed by atoms with E-state index in [9.17, 15) is 14.4 Å². The van der Waals surface area contributed by atoms with E-state index in [1.54, 1.807) is 12.3 Å². The summed E-state index contributed by atoms with van der Waals surface area (Å²) in [6, 6.07) is 5.03. The number of anilines is 1. The number of fused-ring (bicyclic) bond motifs is 2. The second kappa shape index (κ2) is 7.79. The lowest BCUT2D eigenvalue weighted by atomic mass is 9.95. The van der Waals surface area contributed by atoms with Crippen molar-refractivity contribution < 1.29 is 14.3 Å². The van der Waals surface area contributed by atoms with Gasteiger partial charge in [-0.1, -0.05) is 6.07 Å². The van der Waals surface area contributed by atoms with Crippen LogP contribution in [0.3, 0.4) is 0 Å². The average Bonchev–Trinajstić information content (AvgIpc) is 3.04. The first kappa shape index (κ1) is 19.3. The van der Waals surface area contributed by atoms with Crippen molar-refractivity contribution in [3.63, 3.8) is 0 Å². The van der Waals surface area contributed by atoms with Crippen molar-refractivity contribution in [2.24, 2.45) is 0 Å².